The molecule has 0 heterocycles. The van der Waals surface area contributed by atoms with Crippen LogP contribution in [-0.2, 0) is 11.3 Å². The molecule has 2 rings (SSSR count). The van der Waals surface area contributed by atoms with Gasteiger partial charge in [-0.05, 0) is 48.4 Å². The number of halogens is 3. The molecule has 0 spiro atoms. The summed E-state index contributed by atoms with van der Waals surface area (Å²) in [6.07, 6.45) is -1.31. The summed E-state index contributed by atoms with van der Waals surface area (Å²) < 4.78 is 4.56. The highest BCUT2D eigenvalue weighted by Gasteiger charge is 2.10. The van der Waals surface area contributed by atoms with Gasteiger partial charge in [-0.3, -0.25) is 5.32 Å². The smallest absolute Gasteiger partial charge is 0.411 e. The lowest BCUT2D eigenvalue weighted by Crippen LogP contribution is -2.39. The third-order valence-corrected chi connectivity index (χ3v) is 4.32. The van der Waals surface area contributed by atoms with Gasteiger partial charge in [0.15, 0.2) is 5.96 Å². The van der Waals surface area contributed by atoms with Gasteiger partial charge in [0.05, 0.1) is 19.8 Å². The molecule has 0 saturated heterocycles. The minimum absolute atomic E-state index is 0. The van der Waals surface area contributed by atoms with E-state index >= 15 is 0 Å². The van der Waals surface area contributed by atoms with Crippen molar-refractivity contribution >= 4 is 64.9 Å². The van der Waals surface area contributed by atoms with Gasteiger partial charge in [0, 0.05) is 28.8 Å². The number of guanidine groups is 1. The molecule has 0 aliphatic carbocycles. The second kappa shape index (κ2) is 13.5. The van der Waals surface area contributed by atoms with Crippen LogP contribution in [0.4, 0.5) is 10.5 Å². The van der Waals surface area contributed by atoms with Gasteiger partial charge in [-0.25, -0.2) is 9.79 Å². The number of methoxy groups -OCH3 is 1. The van der Waals surface area contributed by atoms with Gasteiger partial charge < -0.3 is 20.5 Å². The number of hydrogen-bond donors (Lipinski definition) is 4. The first-order valence-corrected chi connectivity index (χ1v) is 9.77. The number of aliphatic hydroxyl groups excluding tert-OH is 1. The first-order chi connectivity index (χ1) is 13.9. The van der Waals surface area contributed by atoms with Gasteiger partial charge in [-0.15, -0.1) is 24.0 Å². The molecule has 0 aromatic heterocycles. The molecule has 2 aromatic carbocycles. The molecule has 1 atom stereocenters. The molecule has 1 unspecified atom stereocenters. The summed E-state index contributed by atoms with van der Waals surface area (Å²) in [4.78, 5) is 15.7. The predicted octanol–water partition coefficient (Wildman–Crippen LogP) is 4.58. The number of rotatable bonds is 7. The second-order valence-corrected chi connectivity index (χ2v) is 6.98. The zero-order valence-electron chi connectivity index (χ0n) is 16.6. The van der Waals surface area contributed by atoms with Crippen molar-refractivity contribution in [1.82, 2.24) is 10.6 Å². The quantitative estimate of drug-likeness (QED) is 0.224. The number of carbonyl (C=O) groups excluding carboxylic acids is 1. The minimum atomic E-state index is -0.793. The highest BCUT2D eigenvalue weighted by molar-refractivity contribution is 14.0. The van der Waals surface area contributed by atoms with Crippen LogP contribution in [-0.4, -0.2) is 37.4 Å². The summed E-state index contributed by atoms with van der Waals surface area (Å²) in [5.74, 6) is 0.566. The van der Waals surface area contributed by atoms with Crippen molar-refractivity contribution in [2.75, 3.05) is 25.5 Å². The Morgan fingerprint density at radius 3 is 2.33 bits per heavy atom. The van der Waals surface area contributed by atoms with Crippen molar-refractivity contribution in [2.24, 2.45) is 4.99 Å². The molecule has 4 N–H and O–H groups in total. The maximum Gasteiger partial charge on any atom is 0.411 e. The number of nitrogens with zero attached hydrogens (tertiary/aromatic N) is 1. The van der Waals surface area contributed by atoms with E-state index in [0.717, 1.165) is 5.56 Å². The van der Waals surface area contributed by atoms with Crippen LogP contribution in [0, 0.1) is 0 Å². The number of carbonyl (C=O) groups is 1. The molecule has 164 valence electrons. The summed E-state index contributed by atoms with van der Waals surface area (Å²) in [6, 6.07) is 12.2. The fourth-order valence-electron chi connectivity index (χ4n) is 2.45. The molecule has 30 heavy (non-hydrogen) atoms. The highest BCUT2D eigenvalue weighted by atomic mass is 127. The predicted molar refractivity (Wildman–Crippen MR) is 132 cm³/mol. The molecule has 7 nitrogen and oxygen atoms in total. The van der Waals surface area contributed by atoms with E-state index in [1.165, 1.54) is 7.11 Å². The summed E-state index contributed by atoms with van der Waals surface area (Å²) in [5.41, 5.74) is 2.22. The molecule has 0 bridgehead atoms. The van der Waals surface area contributed by atoms with Gasteiger partial charge in [0.1, 0.15) is 0 Å². The normalized spacial score (nSPS) is 11.8. The van der Waals surface area contributed by atoms with Gasteiger partial charge in [-0.1, -0.05) is 35.3 Å². The lowest BCUT2D eigenvalue weighted by atomic mass is 10.1. The highest BCUT2D eigenvalue weighted by Crippen LogP contribution is 2.23. The SMILES string of the molecule is CCNC(=NCc1ccc(NC(=O)OC)cc1)NCC(O)c1cc(Cl)cc(Cl)c1.I. The van der Waals surface area contributed by atoms with Crippen LogP contribution in [0.3, 0.4) is 0 Å². The Bertz CT molecular complexity index is 830. The molecule has 0 fully saturated rings. The van der Waals surface area contributed by atoms with Crippen molar-refractivity contribution in [1.29, 1.82) is 0 Å². The molecule has 0 radical (unpaired) electrons. The summed E-state index contributed by atoms with van der Waals surface area (Å²) >= 11 is 12.0. The van der Waals surface area contributed by atoms with Gasteiger partial charge in [0.2, 0.25) is 0 Å². The average Bonchev–Trinajstić information content (AvgIpc) is 2.70. The van der Waals surface area contributed by atoms with E-state index in [2.05, 4.69) is 25.7 Å². The van der Waals surface area contributed by atoms with E-state index in [1.807, 2.05) is 19.1 Å². The third-order valence-electron chi connectivity index (χ3n) is 3.88. The number of hydrogen-bond acceptors (Lipinski definition) is 4. The first-order valence-electron chi connectivity index (χ1n) is 9.01. The molecular weight excluding hydrogens is 542 g/mol. The first kappa shape index (κ1) is 26.3. The van der Waals surface area contributed by atoms with Crippen LogP contribution < -0.4 is 16.0 Å². The molecule has 10 heteroatoms. The molecule has 0 aliphatic heterocycles. The van der Waals surface area contributed by atoms with Crippen LogP contribution >= 0.6 is 47.2 Å². The zero-order valence-corrected chi connectivity index (χ0v) is 20.5. The number of aliphatic imine (C=N–C) groups is 1. The van der Waals surface area contributed by atoms with Crippen molar-refractivity contribution in [3.8, 4) is 0 Å². The van der Waals surface area contributed by atoms with E-state index < -0.39 is 12.2 Å². The second-order valence-electron chi connectivity index (χ2n) is 6.11. The maximum atomic E-state index is 11.2. The lowest BCUT2D eigenvalue weighted by molar-refractivity contribution is 0.181. The van der Waals surface area contributed by atoms with Crippen LogP contribution in [0.5, 0.6) is 0 Å². The number of nitrogens with one attached hydrogen (secondary N) is 3. The van der Waals surface area contributed by atoms with E-state index in [9.17, 15) is 9.90 Å². The Kier molecular flexibility index (Phi) is 11.9. The topological polar surface area (TPSA) is 95.0 Å². The molecule has 0 saturated carbocycles. The van der Waals surface area contributed by atoms with E-state index in [1.54, 1.807) is 30.3 Å². The summed E-state index contributed by atoms with van der Waals surface area (Å²) in [7, 11) is 1.31. The van der Waals surface area contributed by atoms with Crippen LogP contribution in [0.2, 0.25) is 10.0 Å². The van der Waals surface area contributed by atoms with Crippen molar-refractivity contribution in [3.05, 3.63) is 63.6 Å². The van der Waals surface area contributed by atoms with Crippen molar-refractivity contribution < 1.29 is 14.6 Å². The van der Waals surface area contributed by atoms with Gasteiger partial charge in [-0.2, -0.15) is 0 Å². The fraction of sp³-hybridized carbons (Fsp3) is 0.300. The van der Waals surface area contributed by atoms with E-state index in [-0.39, 0.29) is 30.5 Å². The molecule has 2 aromatic rings. The maximum absolute atomic E-state index is 11.2. The molecular formula is C20H25Cl2IN4O3. The van der Waals surface area contributed by atoms with Crippen LogP contribution in [0.15, 0.2) is 47.5 Å². The van der Waals surface area contributed by atoms with Crippen LogP contribution in [0.1, 0.15) is 24.2 Å². The molecule has 1 amide bonds. The molecule has 0 aliphatic rings. The Hall–Kier alpha value is -1.75. The zero-order chi connectivity index (χ0) is 21.2. The average molecular weight is 567 g/mol. The Morgan fingerprint density at radius 2 is 1.77 bits per heavy atom. The minimum Gasteiger partial charge on any atom is -0.453 e. The lowest BCUT2D eigenvalue weighted by Gasteiger charge is -2.16. The Morgan fingerprint density at radius 1 is 1.13 bits per heavy atom. The Balaban J connectivity index is 0.00000450. The number of ether oxygens (including phenoxy) is 1. The summed E-state index contributed by atoms with van der Waals surface area (Å²) in [6.45, 7) is 3.29. The third kappa shape index (κ3) is 8.95. The number of aliphatic hydroxyl groups is 1. The van der Waals surface area contributed by atoms with Gasteiger partial charge in [0.25, 0.3) is 0 Å². The number of benzene rings is 2. The van der Waals surface area contributed by atoms with E-state index in [4.69, 9.17) is 23.2 Å². The number of amides is 1. The Labute approximate surface area is 203 Å². The fourth-order valence-corrected chi connectivity index (χ4v) is 3.00. The number of anilines is 1. The largest absolute Gasteiger partial charge is 0.453 e. The van der Waals surface area contributed by atoms with Gasteiger partial charge >= 0.3 is 6.09 Å². The summed E-state index contributed by atoms with van der Waals surface area (Å²) in [5, 5.41) is 20.2. The standard InChI is InChI=1S/C20H24Cl2N4O3.HI/c1-3-23-19(25-12-18(27)14-8-15(21)10-16(22)9-14)24-11-13-4-6-17(7-5-13)26-20(28)29-2;/h4-10,18,27H,3,11-12H2,1-2H3,(H,26,28)(H2,23,24,25);1H. The van der Waals surface area contributed by atoms with E-state index in [0.29, 0.717) is 40.3 Å². The van der Waals surface area contributed by atoms with Crippen LogP contribution in [0.25, 0.3) is 0 Å². The monoisotopic (exact) mass is 566 g/mol. The van der Waals surface area contributed by atoms with Crippen molar-refractivity contribution in [3.63, 3.8) is 0 Å². The van der Waals surface area contributed by atoms with Crippen molar-refractivity contribution in [2.45, 2.75) is 19.6 Å².